The van der Waals surface area contributed by atoms with Gasteiger partial charge in [0.05, 0.1) is 0 Å². The van der Waals surface area contributed by atoms with Crippen molar-refractivity contribution in [2.24, 2.45) is 0 Å². The van der Waals surface area contributed by atoms with Crippen LogP contribution in [0.5, 0.6) is 0 Å². The fourth-order valence-electron chi connectivity index (χ4n) is 2.42. The number of nitrogens with zero attached hydrogens (tertiary/aromatic N) is 2. The van der Waals surface area contributed by atoms with Gasteiger partial charge in [-0.15, -0.1) is 0 Å². The normalized spacial score (nSPS) is 14.1. The van der Waals surface area contributed by atoms with Crippen LogP contribution in [0.15, 0.2) is 24.3 Å². The minimum atomic E-state index is -4.55. The fourth-order valence-corrected chi connectivity index (χ4v) is 2.61. The van der Waals surface area contributed by atoms with Gasteiger partial charge in [0.15, 0.2) is 5.69 Å². The van der Waals surface area contributed by atoms with Gasteiger partial charge < -0.3 is 5.32 Å². The van der Waals surface area contributed by atoms with Crippen molar-refractivity contribution in [2.45, 2.75) is 25.4 Å². The van der Waals surface area contributed by atoms with E-state index >= 15 is 0 Å². The summed E-state index contributed by atoms with van der Waals surface area (Å²) in [5, 5.41) is 2.41. The van der Waals surface area contributed by atoms with E-state index in [1.807, 2.05) is 18.2 Å². The lowest BCUT2D eigenvalue weighted by Crippen LogP contribution is -2.10. The molecule has 21 heavy (non-hydrogen) atoms. The molecule has 2 aromatic rings. The van der Waals surface area contributed by atoms with Crippen molar-refractivity contribution in [1.29, 1.82) is 0 Å². The lowest BCUT2D eigenvalue weighted by atomic mass is 10.1. The highest BCUT2D eigenvalue weighted by Gasteiger charge is 2.33. The number of aromatic nitrogens is 2. The molecule has 0 amide bonds. The van der Waals surface area contributed by atoms with E-state index in [1.165, 1.54) is 11.1 Å². The molecule has 0 radical (unpaired) electrons. The van der Waals surface area contributed by atoms with Crippen LogP contribution in [0.4, 0.5) is 24.7 Å². The first-order chi connectivity index (χ1) is 9.91. The van der Waals surface area contributed by atoms with Gasteiger partial charge in [0, 0.05) is 11.8 Å². The van der Waals surface area contributed by atoms with Crippen LogP contribution >= 0.6 is 11.6 Å². The van der Waals surface area contributed by atoms with E-state index in [0.717, 1.165) is 25.3 Å². The number of anilines is 2. The highest BCUT2D eigenvalue weighted by Crippen LogP contribution is 2.31. The van der Waals surface area contributed by atoms with Crippen molar-refractivity contribution < 1.29 is 13.2 Å². The zero-order valence-corrected chi connectivity index (χ0v) is 11.6. The third-order valence-corrected chi connectivity index (χ3v) is 3.53. The molecule has 0 unspecified atom stereocenters. The van der Waals surface area contributed by atoms with E-state index in [2.05, 4.69) is 15.3 Å². The summed E-state index contributed by atoms with van der Waals surface area (Å²) in [6.45, 7) is 0. The van der Waals surface area contributed by atoms with Crippen LogP contribution in [-0.2, 0) is 19.0 Å². The molecule has 3 rings (SSSR count). The molecule has 7 heteroatoms. The van der Waals surface area contributed by atoms with Gasteiger partial charge in [-0.05, 0) is 54.1 Å². The number of rotatable bonds is 2. The molecule has 0 bridgehead atoms. The van der Waals surface area contributed by atoms with Crippen molar-refractivity contribution in [3.63, 3.8) is 0 Å². The lowest BCUT2D eigenvalue weighted by molar-refractivity contribution is -0.141. The first-order valence-corrected chi connectivity index (χ1v) is 6.80. The summed E-state index contributed by atoms with van der Waals surface area (Å²) in [6, 6.07) is 6.59. The van der Waals surface area contributed by atoms with Crippen molar-refractivity contribution in [3.8, 4) is 0 Å². The second-order valence-electron chi connectivity index (χ2n) is 4.87. The molecule has 110 valence electrons. The molecule has 1 aromatic heterocycles. The Morgan fingerprint density at radius 1 is 1.05 bits per heavy atom. The second-order valence-corrected chi connectivity index (χ2v) is 5.21. The number of alkyl halides is 3. The van der Waals surface area contributed by atoms with Gasteiger partial charge in [0.2, 0.25) is 5.28 Å². The highest BCUT2D eigenvalue weighted by atomic mass is 35.5. The molecule has 1 N–H and O–H groups in total. The van der Waals surface area contributed by atoms with E-state index in [0.29, 0.717) is 5.69 Å². The number of nitrogens with one attached hydrogen (secondary N) is 1. The molecule has 1 aromatic carbocycles. The number of halogens is 4. The number of benzene rings is 1. The zero-order chi connectivity index (χ0) is 15.0. The lowest BCUT2D eigenvalue weighted by Gasteiger charge is -2.11. The Labute approximate surface area is 124 Å². The third-order valence-electron chi connectivity index (χ3n) is 3.36. The summed E-state index contributed by atoms with van der Waals surface area (Å²) >= 11 is 5.55. The smallest absolute Gasteiger partial charge is 0.340 e. The first kappa shape index (κ1) is 14.1. The summed E-state index contributed by atoms with van der Waals surface area (Å²) in [6.07, 6.45) is -1.41. The number of hydrogen-bond acceptors (Lipinski definition) is 3. The van der Waals surface area contributed by atoms with Crippen LogP contribution in [-0.4, -0.2) is 9.97 Å². The summed E-state index contributed by atoms with van der Waals surface area (Å²) in [5.74, 6) is 0.0280. The maximum atomic E-state index is 12.7. The Kier molecular flexibility index (Phi) is 3.49. The van der Waals surface area contributed by atoms with Crippen molar-refractivity contribution in [2.75, 3.05) is 5.32 Å². The van der Waals surface area contributed by atoms with Crippen LogP contribution in [0.2, 0.25) is 5.28 Å². The molecular formula is C14H11ClF3N3. The first-order valence-electron chi connectivity index (χ1n) is 6.42. The second kappa shape index (κ2) is 5.18. The van der Waals surface area contributed by atoms with Gasteiger partial charge in [0.25, 0.3) is 0 Å². The summed E-state index contributed by atoms with van der Waals surface area (Å²) < 4.78 is 38.1. The molecule has 0 saturated heterocycles. The van der Waals surface area contributed by atoms with Crippen molar-refractivity contribution in [1.82, 2.24) is 9.97 Å². The van der Waals surface area contributed by atoms with E-state index in [9.17, 15) is 13.2 Å². The molecular weight excluding hydrogens is 303 g/mol. The van der Waals surface area contributed by atoms with Gasteiger partial charge in [-0.3, -0.25) is 0 Å². The van der Waals surface area contributed by atoms with Gasteiger partial charge >= 0.3 is 6.18 Å². The third kappa shape index (κ3) is 3.10. The van der Waals surface area contributed by atoms with Crippen LogP contribution in [0.3, 0.4) is 0 Å². The molecule has 1 aliphatic rings. The van der Waals surface area contributed by atoms with Gasteiger partial charge in [-0.1, -0.05) is 6.07 Å². The average molecular weight is 314 g/mol. The molecule has 0 spiro atoms. The molecule has 1 aliphatic carbocycles. The minimum Gasteiger partial charge on any atom is -0.340 e. The predicted molar refractivity (Wildman–Crippen MR) is 73.8 cm³/mol. The highest BCUT2D eigenvalue weighted by molar-refractivity contribution is 6.28. The maximum Gasteiger partial charge on any atom is 0.433 e. The standard InChI is InChI=1S/C14H11ClF3N3/c15-13-20-11(14(16,17)18)7-12(21-13)19-10-5-4-8-2-1-3-9(8)6-10/h4-7H,1-3H2,(H,19,20,21). The zero-order valence-electron chi connectivity index (χ0n) is 10.8. The fraction of sp³-hybridized carbons (Fsp3) is 0.286. The molecule has 0 saturated carbocycles. The Morgan fingerprint density at radius 3 is 2.57 bits per heavy atom. The van der Waals surface area contributed by atoms with Crippen molar-refractivity contribution in [3.05, 3.63) is 46.4 Å². The molecule has 3 nitrogen and oxygen atoms in total. The van der Waals surface area contributed by atoms with E-state index in [4.69, 9.17) is 11.6 Å². The van der Waals surface area contributed by atoms with Gasteiger partial charge in [-0.2, -0.15) is 13.2 Å². The van der Waals surface area contributed by atoms with Crippen LogP contribution in [0.25, 0.3) is 0 Å². The summed E-state index contributed by atoms with van der Waals surface area (Å²) in [4.78, 5) is 6.97. The molecule has 0 atom stereocenters. The minimum absolute atomic E-state index is 0.0280. The number of aryl methyl sites for hydroxylation is 2. The van der Waals surface area contributed by atoms with Crippen LogP contribution < -0.4 is 5.32 Å². The van der Waals surface area contributed by atoms with Crippen LogP contribution in [0, 0.1) is 0 Å². The van der Waals surface area contributed by atoms with Crippen LogP contribution in [0.1, 0.15) is 23.2 Å². The van der Waals surface area contributed by atoms with Gasteiger partial charge in [-0.25, -0.2) is 9.97 Å². The molecule has 0 fully saturated rings. The Bertz CT molecular complexity index is 686. The van der Waals surface area contributed by atoms with Gasteiger partial charge in [0.1, 0.15) is 5.82 Å². The quantitative estimate of drug-likeness (QED) is 0.836. The Morgan fingerprint density at radius 2 is 1.81 bits per heavy atom. The number of hydrogen-bond donors (Lipinski definition) is 1. The Hall–Kier alpha value is -1.82. The topological polar surface area (TPSA) is 37.8 Å². The average Bonchev–Trinajstić information content (AvgIpc) is 2.84. The Balaban J connectivity index is 1.89. The number of fused-ring (bicyclic) bond motifs is 1. The van der Waals surface area contributed by atoms with E-state index in [-0.39, 0.29) is 5.82 Å². The summed E-state index contributed by atoms with van der Waals surface area (Å²) in [5.41, 5.74) is 2.14. The van der Waals surface area contributed by atoms with E-state index in [1.54, 1.807) is 0 Å². The monoisotopic (exact) mass is 313 g/mol. The van der Waals surface area contributed by atoms with Crippen molar-refractivity contribution >= 4 is 23.1 Å². The van der Waals surface area contributed by atoms with E-state index < -0.39 is 17.2 Å². The predicted octanol–water partition coefficient (Wildman–Crippen LogP) is 4.38. The largest absolute Gasteiger partial charge is 0.433 e. The molecule has 0 aliphatic heterocycles. The SMILES string of the molecule is FC(F)(F)c1cc(Nc2ccc3c(c2)CCC3)nc(Cl)n1. The maximum absolute atomic E-state index is 12.7. The summed E-state index contributed by atoms with van der Waals surface area (Å²) in [7, 11) is 0. The molecule has 1 heterocycles.